The quantitative estimate of drug-likeness (QED) is 0.467. The number of carbonyl (C=O) groups excluding carboxylic acids is 1. The second kappa shape index (κ2) is 10.7. The third kappa shape index (κ3) is 7.04. The standard InChI is InChI=1S/C23H31N5O4/c1-23(2,3)28-20(29)15-26-22(25-14-16-7-5-10-24-21(16)30-4)27-17-8-9-18-19(13-17)32-12-6-11-31-18/h5,7-10,13H,6,11-12,14-15H2,1-4H3,(H,28,29)(H2,25,26,27). The van der Waals surface area contributed by atoms with Gasteiger partial charge in [0.2, 0.25) is 11.8 Å². The fraction of sp³-hybridized carbons (Fsp3) is 0.435. The number of fused-ring (bicyclic) bond motifs is 1. The number of guanidine groups is 1. The molecule has 3 rings (SSSR count). The molecule has 9 nitrogen and oxygen atoms in total. The Labute approximate surface area is 188 Å². The number of amides is 1. The monoisotopic (exact) mass is 441 g/mol. The van der Waals surface area contributed by atoms with Gasteiger partial charge in [0.15, 0.2) is 17.5 Å². The molecule has 0 fully saturated rings. The van der Waals surface area contributed by atoms with Crippen LogP contribution in [-0.4, -0.2) is 49.3 Å². The van der Waals surface area contributed by atoms with Crippen LogP contribution in [-0.2, 0) is 11.3 Å². The number of hydrogen-bond acceptors (Lipinski definition) is 6. The molecule has 0 saturated heterocycles. The molecule has 1 aliphatic heterocycles. The number of aromatic nitrogens is 1. The van der Waals surface area contributed by atoms with Crippen LogP contribution in [0, 0.1) is 0 Å². The zero-order chi connectivity index (χ0) is 23.0. The Morgan fingerprint density at radius 2 is 1.97 bits per heavy atom. The van der Waals surface area contributed by atoms with Gasteiger partial charge >= 0.3 is 0 Å². The predicted octanol–water partition coefficient (Wildman–Crippen LogP) is 2.72. The lowest BCUT2D eigenvalue weighted by Crippen LogP contribution is -2.46. The SMILES string of the molecule is COc1ncccc1CN=C(NCC(=O)NC(C)(C)C)Nc1ccc2c(c1)OCCCO2. The highest BCUT2D eigenvalue weighted by Crippen LogP contribution is 2.32. The van der Waals surface area contributed by atoms with E-state index in [0.717, 1.165) is 17.7 Å². The highest BCUT2D eigenvalue weighted by Gasteiger charge is 2.15. The van der Waals surface area contributed by atoms with Crippen LogP contribution in [0.4, 0.5) is 5.69 Å². The van der Waals surface area contributed by atoms with Crippen molar-refractivity contribution in [1.29, 1.82) is 0 Å². The van der Waals surface area contributed by atoms with E-state index < -0.39 is 0 Å². The Morgan fingerprint density at radius 1 is 1.19 bits per heavy atom. The Balaban J connectivity index is 1.76. The molecule has 0 spiro atoms. The maximum absolute atomic E-state index is 12.3. The smallest absolute Gasteiger partial charge is 0.239 e. The molecular weight excluding hydrogens is 410 g/mol. The molecule has 9 heteroatoms. The average Bonchev–Trinajstić information content (AvgIpc) is 2.99. The number of anilines is 1. The molecule has 1 aromatic carbocycles. The van der Waals surface area contributed by atoms with Gasteiger partial charge in [0.1, 0.15) is 0 Å². The minimum atomic E-state index is -0.319. The van der Waals surface area contributed by atoms with Gasteiger partial charge in [-0.25, -0.2) is 9.98 Å². The summed E-state index contributed by atoms with van der Waals surface area (Å²) in [5.74, 6) is 2.20. The van der Waals surface area contributed by atoms with E-state index in [4.69, 9.17) is 14.2 Å². The second-order valence-electron chi connectivity index (χ2n) is 8.33. The van der Waals surface area contributed by atoms with Crippen molar-refractivity contribution in [2.75, 3.05) is 32.2 Å². The fourth-order valence-corrected chi connectivity index (χ4v) is 3.04. The zero-order valence-corrected chi connectivity index (χ0v) is 19.0. The molecule has 0 bridgehead atoms. The van der Waals surface area contributed by atoms with Crippen molar-refractivity contribution in [2.45, 2.75) is 39.3 Å². The summed E-state index contributed by atoms with van der Waals surface area (Å²) in [6, 6.07) is 9.32. The van der Waals surface area contributed by atoms with E-state index >= 15 is 0 Å². The number of carbonyl (C=O) groups is 1. The van der Waals surface area contributed by atoms with Gasteiger partial charge in [-0.05, 0) is 39.0 Å². The van der Waals surface area contributed by atoms with E-state index in [1.165, 1.54) is 0 Å². The number of benzene rings is 1. The normalized spacial score (nSPS) is 13.7. The predicted molar refractivity (Wildman–Crippen MR) is 123 cm³/mol. The number of rotatable bonds is 6. The van der Waals surface area contributed by atoms with Crippen LogP contribution in [0.5, 0.6) is 17.4 Å². The van der Waals surface area contributed by atoms with Crippen molar-refractivity contribution >= 4 is 17.6 Å². The lowest BCUT2D eigenvalue weighted by molar-refractivity contribution is -0.121. The van der Waals surface area contributed by atoms with Crippen LogP contribution in [0.15, 0.2) is 41.5 Å². The van der Waals surface area contributed by atoms with E-state index in [-0.39, 0.29) is 18.0 Å². The van der Waals surface area contributed by atoms with E-state index in [1.807, 2.05) is 51.1 Å². The van der Waals surface area contributed by atoms with Gasteiger partial charge in [0.25, 0.3) is 0 Å². The molecule has 0 atom stereocenters. The first-order valence-electron chi connectivity index (χ1n) is 10.6. The Morgan fingerprint density at radius 3 is 2.72 bits per heavy atom. The maximum atomic E-state index is 12.3. The maximum Gasteiger partial charge on any atom is 0.239 e. The minimum absolute atomic E-state index is 0.0673. The molecule has 172 valence electrons. The van der Waals surface area contributed by atoms with Crippen molar-refractivity contribution in [2.24, 2.45) is 4.99 Å². The summed E-state index contributed by atoms with van der Waals surface area (Å²) >= 11 is 0. The first-order valence-corrected chi connectivity index (χ1v) is 10.6. The number of methoxy groups -OCH3 is 1. The number of ether oxygens (including phenoxy) is 3. The van der Waals surface area contributed by atoms with Crippen LogP contribution in [0.2, 0.25) is 0 Å². The molecular formula is C23H31N5O4. The van der Waals surface area contributed by atoms with Crippen molar-refractivity contribution in [3.63, 3.8) is 0 Å². The first-order chi connectivity index (χ1) is 15.3. The fourth-order valence-electron chi connectivity index (χ4n) is 3.04. The number of nitrogens with zero attached hydrogens (tertiary/aromatic N) is 2. The van der Waals surface area contributed by atoms with Gasteiger partial charge in [-0.1, -0.05) is 6.07 Å². The van der Waals surface area contributed by atoms with Crippen molar-refractivity contribution in [3.8, 4) is 17.4 Å². The van der Waals surface area contributed by atoms with E-state index in [2.05, 4.69) is 25.9 Å². The Kier molecular flexibility index (Phi) is 7.75. The summed E-state index contributed by atoms with van der Waals surface area (Å²) in [6.45, 7) is 7.42. The van der Waals surface area contributed by atoms with Crippen LogP contribution in [0.1, 0.15) is 32.8 Å². The van der Waals surface area contributed by atoms with Gasteiger partial charge < -0.3 is 30.2 Å². The van der Waals surface area contributed by atoms with Crippen molar-refractivity contribution < 1.29 is 19.0 Å². The molecule has 1 aromatic heterocycles. The van der Waals surface area contributed by atoms with Gasteiger partial charge in [-0.3, -0.25) is 4.79 Å². The molecule has 2 heterocycles. The molecule has 0 saturated carbocycles. The third-order valence-electron chi connectivity index (χ3n) is 4.39. The van der Waals surface area contributed by atoms with Crippen molar-refractivity contribution in [1.82, 2.24) is 15.6 Å². The number of pyridine rings is 1. The third-order valence-corrected chi connectivity index (χ3v) is 4.39. The lowest BCUT2D eigenvalue weighted by atomic mass is 10.1. The lowest BCUT2D eigenvalue weighted by Gasteiger charge is -2.21. The van der Waals surface area contributed by atoms with Gasteiger partial charge in [0.05, 0.1) is 33.4 Å². The summed E-state index contributed by atoms with van der Waals surface area (Å²) in [6.07, 6.45) is 2.50. The van der Waals surface area contributed by atoms with Crippen molar-refractivity contribution in [3.05, 3.63) is 42.1 Å². The molecule has 1 aliphatic rings. The van der Waals surface area contributed by atoms with Crippen LogP contribution in [0.25, 0.3) is 0 Å². The number of hydrogen-bond donors (Lipinski definition) is 3. The summed E-state index contributed by atoms with van der Waals surface area (Å²) in [4.78, 5) is 21.1. The molecule has 0 unspecified atom stereocenters. The molecule has 0 aliphatic carbocycles. The molecule has 2 aromatic rings. The summed E-state index contributed by atoms with van der Waals surface area (Å²) in [7, 11) is 1.57. The van der Waals surface area contributed by atoms with E-state index in [1.54, 1.807) is 13.3 Å². The molecule has 0 radical (unpaired) electrons. The second-order valence-corrected chi connectivity index (χ2v) is 8.33. The highest BCUT2D eigenvalue weighted by molar-refractivity contribution is 5.96. The summed E-state index contributed by atoms with van der Waals surface area (Å²) in [5, 5.41) is 9.25. The topological polar surface area (TPSA) is 106 Å². The van der Waals surface area contributed by atoms with E-state index in [0.29, 0.717) is 43.1 Å². The number of nitrogens with one attached hydrogen (secondary N) is 3. The van der Waals surface area contributed by atoms with Crippen LogP contribution in [0.3, 0.4) is 0 Å². The van der Waals surface area contributed by atoms with Gasteiger partial charge in [-0.15, -0.1) is 0 Å². The Bertz CT molecular complexity index is 956. The minimum Gasteiger partial charge on any atom is -0.490 e. The molecule has 32 heavy (non-hydrogen) atoms. The number of aliphatic imine (C=N–C) groups is 1. The zero-order valence-electron chi connectivity index (χ0n) is 19.0. The first kappa shape index (κ1) is 23.2. The summed E-state index contributed by atoms with van der Waals surface area (Å²) < 4.78 is 16.8. The van der Waals surface area contributed by atoms with Gasteiger partial charge in [0, 0.05) is 35.5 Å². The van der Waals surface area contributed by atoms with E-state index in [9.17, 15) is 4.79 Å². The summed E-state index contributed by atoms with van der Waals surface area (Å²) in [5.41, 5.74) is 1.27. The van der Waals surface area contributed by atoms with Crippen LogP contribution < -0.4 is 30.2 Å². The largest absolute Gasteiger partial charge is 0.490 e. The molecule has 3 N–H and O–H groups in total. The highest BCUT2D eigenvalue weighted by atomic mass is 16.5. The molecule has 1 amide bonds. The van der Waals surface area contributed by atoms with Gasteiger partial charge in [-0.2, -0.15) is 0 Å². The Hall–Kier alpha value is -3.49. The average molecular weight is 442 g/mol. The van der Waals surface area contributed by atoms with Crippen LogP contribution >= 0.6 is 0 Å².